The molecule has 0 saturated heterocycles. The fraction of sp³-hybridized carbons (Fsp3) is 0.0455. The summed E-state index contributed by atoms with van der Waals surface area (Å²) in [5, 5.41) is 17.9. The van der Waals surface area contributed by atoms with Gasteiger partial charge in [-0.05, 0) is 48.5 Å². The Morgan fingerprint density at radius 3 is 2.40 bits per heavy atom. The Bertz CT molecular complexity index is 1160. The SMILES string of the molecule is O=C1COc2ccc(C(=O)Nc3cccc(NC(=O)c4ccccc4O)c3)cc2N1. The first-order valence-electron chi connectivity index (χ1n) is 9.07. The summed E-state index contributed by atoms with van der Waals surface area (Å²) in [6, 6.07) is 17.6. The molecule has 0 atom stereocenters. The number of fused-ring (bicyclic) bond motifs is 1. The van der Waals surface area contributed by atoms with Gasteiger partial charge in [-0.25, -0.2) is 0 Å². The molecule has 150 valence electrons. The van der Waals surface area contributed by atoms with Gasteiger partial charge in [-0.2, -0.15) is 0 Å². The topological polar surface area (TPSA) is 117 Å². The molecule has 3 aromatic carbocycles. The number of anilines is 3. The second kappa shape index (κ2) is 7.96. The minimum Gasteiger partial charge on any atom is -0.507 e. The average Bonchev–Trinajstić information content (AvgIpc) is 2.73. The fourth-order valence-corrected chi connectivity index (χ4v) is 2.97. The maximum absolute atomic E-state index is 12.6. The van der Waals surface area contributed by atoms with E-state index in [-0.39, 0.29) is 29.7 Å². The van der Waals surface area contributed by atoms with Crippen molar-refractivity contribution in [1.29, 1.82) is 0 Å². The number of ether oxygens (including phenoxy) is 1. The molecule has 0 unspecified atom stereocenters. The standard InChI is InChI=1S/C22H17N3O5/c26-18-7-2-1-6-16(18)22(29)24-15-5-3-4-14(11-15)23-21(28)13-8-9-19-17(10-13)25-20(27)12-30-19/h1-11,26H,12H2,(H,23,28)(H,24,29)(H,25,27). The Morgan fingerprint density at radius 1 is 0.900 bits per heavy atom. The van der Waals surface area contributed by atoms with Crippen molar-refractivity contribution in [3.05, 3.63) is 77.9 Å². The third-order valence-corrected chi connectivity index (χ3v) is 4.40. The normalized spacial score (nSPS) is 12.2. The second-order valence-corrected chi connectivity index (χ2v) is 6.55. The zero-order valence-corrected chi connectivity index (χ0v) is 15.6. The summed E-state index contributed by atoms with van der Waals surface area (Å²) in [5.74, 6) is -0.764. The molecule has 0 spiro atoms. The molecule has 4 rings (SSSR count). The fourth-order valence-electron chi connectivity index (χ4n) is 2.97. The third-order valence-electron chi connectivity index (χ3n) is 4.40. The quantitative estimate of drug-likeness (QED) is 0.534. The highest BCUT2D eigenvalue weighted by Gasteiger charge is 2.18. The number of aromatic hydroxyl groups is 1. The number of nitrogens with one attached hydrogen (secondary N) is 3. The summed E-state index contributed by atoms with van der Waals surface area (Å²) in [6.07, 6.45) is 0. The Balaban J connectivity index is 1.47. The highest BCUT2D eigenvalue weighted by atomic mass is 16.5. The Labute approximate surface area is 171 Å². The van der Waals surface area contributed by atoms with E-state index in [1.165, 1.54) is 18.2 Å². The van der Waals surface area contributed by atoms with E-state index in [2.05, 4.69) is 16.0 Å². The van der Waals surface area contributed by atoms with Crippen LogP contribution in [0.25, 0.3) is 0 Å². The van der Waals surface area contributed by atoms with Crippen LogP contribution in [0.15, 0.2) is 66.7 Å². The zero-order valence-electron chi connectivity index (χ0n) is 15.6. The first-order valence-corrected chi connectivity index (χ1v) is 9.07. The monoisotopic (exact) mass is 403 g/mol. The maximum atomic E-state index is 12.6. The van der Waals surface area contributed by atoms with Crippen LogP contribution >= 0.6 is 0 Å². The number of phenols is 1. The van der Waals surface area contributed by atoms with E-state index in [4.69, 9.17) is 4.74 Å². The molecule has 0 saturated carbocycles. The van der Waals surface area contributed by atoms with Gasteiger partial charge in [0, 0.05) is 16.9 Å². The van der Waals surface area contributed by atoms with Crippen molar-refractivity contribution >= 4 is 34.8 Å². The molecule has 8 nitrogen and oxygen atoms in total. The molecule has 1 aliphatic rings. The molecule has 3 amide bonds. The lowest BCUT2D eigenvalue weighted by Crippen LogP contribution is -2.25. The van der Waals surface area contributed by atoms with Crippen molar-refractivity contribution in [3.63, 3.8) is 0 Å². The number of hydrogen-bond acceptors (Lipinski definition) is 5. The second-order valence-electron chi connectivity index (χ2n) is 6.55. The molecule has 0 radical (unpaired) electrons. The molecule has 0 fully saturated rings. The van der Waals surface area contributed by atoms with Gasteiger partial charge in [0.15, 0.2) is 6.61 Å². The molecule has 4 N–H and O–H groups in total. The Kier molecular flexibility index (Phi) is 5.04. The van der Waals surface area contributed by atoms with E-state index >= 15 is 0 Å². The van der Waals surface area contributed by atoms with Crippen molar-refractivity contribution in [1.82, 2.24) is 0 Å². The number of carbonyl (C=O) groups excluding carboxylic acids is 3. The lowest BCUT2D eigenvalue weighted by molar-refractivity contribution is -0.118. The van der Waals surface area contributed by atoms with E-state index in [0.717, 1.165) is 0 Å². The van der Waals surface area contributed by atoms with Gasteiger partial charge in [-0.15, -0.1) is 0 Å². The predicted octanol–water partition coefficient (Wildman–Crippen LogP) is 3.23. The van der Waals surface area contributed by atoms with E-state index in [1.807, 2.05) is 0 Å². The minimum absolute atomic E-state index is 0.0577. The van der Waals surface area contributed by atoms with Gasteiger partial charge in [0.05, 0.1) is 11.3 Å². The summed E-state index contributed by atoms with van der Waals surface area (Å²) in [6.45, 7) is -0.0577. The highest BCUT2D eigenvalue weighted by molar-refractivity contribution is 6.08. The van der Waals surface area contributed by atoms with Crippen molar-refractivity contribution in [2.75, 3.05) is 22.6 Å². The molecule has 3 aromatic rings. The van der Waals surface area contributed by atoms with Crippen molar-refractivity contribution in [3.8, 4) is 11.5 Å². The smallest absolute Gasteiger partial charge is 0.262 e. The maximum Gasteiger partial charge on any atom is 0.262 e. The predicted molar refractivity (Wildman–Crippen MR) is 111 cm³/mol. The van der Waals surface area contributed by atoms with Crippen LogP contribution in [-0.4, -0.2) is 29.4 Å². The molecular formula is C22H17N3O5. The van der Waals surface area contributed by atoms with E-state index in [1.54, 1.807) is 48.5 Å². The van der Waals surface area contributed by atoms with Gasteiger partial charge in [0.2, 0.25) is 0 Å². The van der Waals surface area contributed by atoms with Crippen LogP contribution in [0.4, 0.5) is 17.1 Å². The summed E-state index contributed by atoms with van der Waals surface area (Å²) in [5.41, 5.74) is 1.83. The summed E-state index contributed by atoms with van der Waals surface area (Å²) < 4.78 is 5.28. The van der Waals surface area contributed by atoms with E-state index < -0.39 is 5.91 Å². The van der Waals surface area contributed by atoms with Gasteiger partial charge in [0.25, 0.3) is 17.7 Å². The number of para-hydroxylation sites is 1. The van der Waals surface area contributed by atoms with Gasteiger partial charge in [-0.1, -0.05) is 18.2 Å². The van der Waals surface area contributed by atoms with Crippen molar-refractivity contribution in [2.45, 2.75) is 0 Å². The molecule has 30 heavy (non-hydrogen) atoms. The number of hydrogen-bond donors (Lipinski definition) is 4. The molecule has 0 bridgehead atoms. The molecule has 1 aliphatic heterocycles. The Morgan fingerprint density at radius 2 is 1.63 bits per heavy atom. The van der Waals surface area contributed by atoms with Crippen LogP contribution in [0, 0.1) is 0 Å². The van der Waals surface area contributed by atoms with Crippen LogP contribution in [0.2, 0.25) is 0 Å². The van der Waals surface area contributed by atoms with Gasteiger partial charge in [0.1, 0.15) is 11.5 Å². The number of rotatable bonds is 4. The lowest BCUT2D eigenvalue weighted by atomic mass is 10.1. The number of benzene rings is 3. The lowest BCUT2D eigenvalue weighted by Gasteiger charge is -2.18. The summed E-state index contributed by atoms with van der Waals surface area (Å²) in [4.78, 5) is 36.4. The van der Waals surface area contributed by atoms with E-state index in [9.17, 15) is 19.5 Å². The van der Waals surface area contributed by atoms with Crippen molar-refractivity contribution in [2.24, 2.45) is 0 Å². The largest absolute Gasteiger partial charge is 0.507 e. The Hall–Kier alpha value is -4.33. The van der Waals surface area contributed by atoms with Crippen LogP contribution in [0.3, 0.4) is 0 Å². The molecule has 8 heteroatoms. The van der Waals surface area contributed by atoms with Gasteiger partial charge in [-0.3, -0.25) is 14.4 Å². The first-order chi connectivity index (χ1) is 14.5. The highest BCUT2D eigenvalue weighted by Crippen LogP contribution is 2.29. The van der Waals surface area contributed by atoms with Gasteiger partial charge < -0.3 is 25.8 Å². The molecule has 0 aromatic heterocycles. The van der Waals surface area contributed by atoms with Crippen LogP contribution in [0.1, 0.15) is 20.7 Å². The number of phenolic OH excluding ortho intramolecular Hbond substituents is 1. The van der Waals surface area contributed by atoms with Crippen LogP contribution in [0.5, 0.6) is 11.5 Å². The molecule has 0 aliphatic carbocycles. The van der Waals surface area contributed by atoms with Gasteiger partial charge >= 0.3 is 0 Å². The number of amides is 3. The summed E-state index contributed by atoms with van der Waals surface area (Å²) in [7, 11) is 0. The van der Waals surface area contributed by atoms with Crippen LogP contribution < -0.4 is 20.7 Å². The zero-order chi connectivity index (χ0) is 21.1. The van der Waals surface area contributed by atoms with Crippen molar-refractivity contribution < 1.29 is 24.2 Å². The minimum atomic E-state index is -0.470. The van der Waals surface area contributed by atoms with E-state index in [0.29, 0.717) is 28.4 Å². The number of carbonyl (C=O) groups is 3. The molecule has 1 heterocycles. The first kappa shape index (κ1) is 19.0. The van der Waals surface area contributed by atoms with Crippen LogP contribution in [-0.2, 0) is 4.79 Å². The average molecular weight is 403 g/mol. The molecular weight excluding hydrogens is 386 g/mol. The summed E-state index contributed by atoms with van der Waals surface area (Å²) >= 11 is 0. The third kappa shape index (κ3) is 4.07.